The van der Waals surface area contributed by atoms with Crippen molar-refractivity contribution in [2.45, 2.75) is 70.9 Å². The summed E-state index contributed by atoms with van der Waals surface area (Å²) in [6.07, 6.45) is 8.26. The van der Waals surface area contributed by atoms with E-state index in [4.69, 9.17) is 0 Å². The molecule has 1 N–H and O–H groups in total. The van der Waals surface area contributed by atoms with E-state index in [1.54, 1.807) is 0 Å². The van der Waals surface area contributed by atoms with E-state index in [9.17, 15) is 0 Å². The van der Waals surface area contributed by atoms with Gasteiger partial charge in [-0.3, -0.25) is 0 Å². The van der Waals surface area contributed by atoms with Crippen LogP contribution in [0.4, 0.5) is 0 Å². The molecule has 1 aliphatic rings. The van der Waals surface area contributed by atoms with Gasteiger partial charge < -0.3 is 10.2 Å². The summed E-state index contributed by atoms with van der Waals surface area (Å²) in [5.74, 6) is 0.776. The fourth-order valence-electron chi connectivity index (χ4n) is 3.48. The topological polar surface area (TPSA) is 15.3 Å². The smallest absolute Gasteiger partial charge is 0.0356 e. The second-order valence-corrected chi connectivity index (χ2v) is 6.30. The van der Waals surface area contributed by atoms with Crippen molar-refractivity contribution in [1.82, 2.24) is 10.2 Å². The van der Waals surface area contributed by atoms with Crippen molar-refractivity contribution in [3.05, 3.63) is 0 Å². The largest absolute Gasteiger partial charge is 0.312 e. The van der Waals surface area contributed by atoms with Crippen molar-refractivity contribution in [3.8, 4) is 0 Å². The third kappa shape index (κ3) is 3.69. The predicted molar refractivity (Wildman–Crippen MR) is 76.4 cm³/mol. The van der Waals surface area contributed by atoms with Gasteiger partial charge in [-0.1, -0.05) is 40.0 Å². The van der Waals surface area contributed by atoms with Crippen molar-refractivity contribution in [1.29, 1.82) is 0 Å². The van der Waals surface area contributed by atoms with Crippen molar-refractivity contribution in [2.24, 2.45) is 5.92 Å². The Morgan fingerprint density at radius 3 is 2.12 bits per heavy atom. The van der Waals surface area contributed by atoms with Crippen LogP contribution in [0.25, 0.3) is 0 Å². The zero-order chi connectivity index (χ0) is 12.9. The first-order valence-electron chi connectivity index (χ1n) is 7.43. The van der Waals surface area contributed by atoms with Gasteiger partial charge in [0, 0.05) is 11.6 Å². The monoisotopic (exact) mass is 240 g/mol. The molecule has 1 unspecified atom stereocenters. The number of rotatable bonds is 6. The molecule has 2 nitrogen and oxygen atoms in total. The first-order valence-corrected chi connectivity index (χ1v) is 7.43. The van der Waals surface area contributed by atoms with Gasteiger partial charge in [-0.25, -0.2) is 0 Å². The number of nitrogens with zero attached hydrogens (tertiary/aromatic N) is 1. The Morgan fingerprint density at radius 1 is 1.12 bits per heavy atom. The number of hydrogen-bond acceptors (Lipinski definition) is 2. The summed E-state index contributed by atoms with van der Waals surface area (Å²) >= 11 is 0. The molecule has 0 saturated heterocycles. The van der Waals surface area contributed by atoms with Crippen LogP contribution in [-0.4, -0.2) is 37.1 Å². The number of nitrogens with one attached hydrogen (secondary N) is 1. The summed E-state index contributed by atoms with van der Waals surface area (Å²) in [6, 6.07) is 0.655. The van der Waals surface area contributed by atoms with Crippen molar-refractivity contribution < 1.29 is 0 Å². The average molecular weight is 240 g/mol. The van der Waals surface area contributed by atoms with Crippen LogP contribution in [0.5, 0.6) is 0 Å². The molecule has 0 aromatic carbocycles. The minimum absolute atomic E-state index is 0.401. The van der Waals surface area contributed by atoms with Gasteiger partial charge in [0.25, 0.3) is 0 Å². The summed E-state index contributed by atoms with van der Waals surface area (Å²) in [6.45, 7) is 8.01. The zero-order valence-corrected chi connectivity index (χ0v) is 12.6. The van der Waals surface area contributed by atoms with Crippen molar-refractivity contribution >= 4 is 0 Å². The highest BCUT2D eigenvalue weighted by molar-refractivity contribution is 5.00. The molecule has 1 atom stereocenters. The SMILES string of the molecule is CCNC(CC(C)C)C1(N(C)C)CCCCC1. The van der Waals surface area contributed by atoms with Crippen LogP contribution in [0.3, 0.4) is 0 Å². The molecule has 0 aliphatic heterocycles. The minimum atomic E-state index is 0.401. The van der Waals surface area contributed by atoms with E-state index >= 15 is 0 Å². The van der Waals surface area contributed by atoms with Crippen LogP contribution in [-0.2, 0) is 0 Å². The van der Waals surface area contributed by atoms with Gasteiger partial charge in [0.05, 0.1) is 0 Å². The van der Waals surface area contributed by atoms with Gasteiger partial charge in [0.15, 0.2) is 0 Å². The summed E-state index contributed by atoms with van der Waals surface area (Å²) in [4.78, 5) is 2.50. The molecule has 1 aliphatic carbocycles. The highest BCUT2D eigenvalue weighted by atomic mass is 15.2. The lowest BCUT2D eigenvalue weighted by Crippen LogP contribution is -2.60. The summed E-state index contributed by atoms with van der Waals surface area (Å²) in [5, 5.41) is 3.76. The summed E-state index contributed by atoms with van der Waals surface area (Å²) < 4.78 is 0. The van der Waals surface area contributed by atoms with Crippen LogP contribution >= 0.6 is 0 Å². The molecule has 0 amide bonds. The van der Waals surface area contributed by atoms with Crippen molar-refractivity contribution in [3.63, 3.8) is 0 Å². The normalized spacial score (nSPS) is 22.1. The second-order valence-electron chi connectivity index (χ2n) is 6.30. The Morgan fingerprint density at radius 2 is 1.71 bits per heavy atom. The molecule has 0 heterocycles. The van der Waals surface area contributed by atoms with E-state index < -0.39 is 0 Å². The van der Waals surface area contributed by atoms with Crippen LogP contribution in [0.1, 0.15) is 59.3 Å². The lowest BCUT2D eigenvalue weighted by Gasteiger charge is -2.49. The van der Waals surface area contributed by atoms with Gasteiger partial charge in [0.1, 0.15) is 0 Å². The van der Waals surface area contributed by atoms with Crippen LogP contribution in [0.15, 0.2) is 0 Å². The zero-order valence-electron chi connectivity index (χ0n) is 12.6. The summed E-state index contributed by atoms with van der Waals surface area (Å²) in [5.41, 5.74) is 0.401. The van der Waals surface area contributed by atoms with Crippen molar-refractivity contribution in [2.75, 3.05) is 20.6 Å². The summed E-state index contributed by atoms with van der Waals surface area (Å²) in [7, 11) is 4.55. The average Bonchev–Trinajstić information content (AvgIpc) is 2.28. The molecule has 1 saturated carbocycles. The molecule has 1 fully saturated rings. The molecular formula is C15H32N2. The quantitative estimate of drug-likeness (QED) is 0.766. The molecule has 0 radical (unpaired) electrons. The Labute approximate surface area is 108 Å². The maximum atomic E-state index is 3.76. The molecule has 102 valence electrons. The first kappa shape index (κ1) is 15.0. The molecule has 17 heavy (non-hydrogen) atoms. The maximum absolute atomic E-state index is 3.76. The van der Waals surface area contributed by atoms with Gasteiger partial charge in [-0.2, -0.15) is 0 Å². The number of hydrogen-bond donors (Lipinski definition) is 1. The van der Waals surface area contributed by atoms with Crippen LogP contribution < -0.4 is 5.32 Å². The molecule has 0 bridgehead atoms. The van der Waals surface area contributed by atoms with E-state index in [2.05, 4.69) is 45.1 Å². The Hall–Kier alpha value is -0.0800. The van der Waals surface area contributed by atoms with Gasteiger partial charge in [-0.05, 0) is 45.8 Å². The molecule has 0 aromatic rings. The highest BCUT2D eigenvalue weighted by Crippen LogP contribution is 2.37. The van der Waals surface area contributed by atoms with Crippen LogP contribution in [0, 0.1) is 5.92 Å². The van der Waals surface area contributed by atoms with E-state index in [0.717, 1.165) is 12.5 Å². The van der Waals surface area contributed by atoms with E-state index in [1.807, 2.05) is 0 Å². The third-order valence-electron chi connectivity index (χ3n) is 4.42. The molecular weight excluding hydrogens is 208 g/mol. The second kappa shape index (κ2) is 6.75. The molecule has 0 aromatic heterocycles. The number of likely N-dealkylation sites (N-methyl/N-ethyl adjacent to an activating group) is 2. The maximum Gasteiger partial charge on any atom is 0.0356 e. The minimum Gasteiger partial charge on any atom is -0.312 e. The fourth-order valence-corrected chi connectivity index (χ4v) is 3.48. The van der Waals surface area contributed by atoms with E-state index in [1.165, 1.54) is 38.5 Å². The van der Waals surface area contributed by atoms with Gasteiger partial charge in [-0.15, -0.1) is 0 Å². The highest BCUT2D eigenvalue weighted by Gasteiger charge is 2.41. The lowest BCUT2D eigenvalue weighted by atomic mass is 9.73. The third-order valence-corrected chi connectivity index (χ3v) is 4.42. The first-order chi connectivity index (χ1) is 8.03. The Bertz CT molecular complexity index is 205. The van der Waals surface area contributed by atoms with Gasteiger partial charge in [0.2, 0.25) is 0 Å². The van der Waals surface area contributed by atoms with Crippen LogP contribution in [0.2, 0.25) is 0 Å². The predicted octanol–water partition coefficient (Wildman–Crippen LogP) is 3.28. The molecule has 1 rings (SSSR count). The van der Waals surface area contributed by atoms with Gasteiger partial charge >= 0.3 is 0 Å². The van der Waals surface area contributed by atoms with E-state index in [0.29, 0.717) is 11.6 Å². The van der Waals surface area contributed by atoms with E-state index in [-0.39, 0.29) is 0 Å². The standard InChI is InChI=1S/C15H32N2/c1-6-16-14(12-13(2)3)15(17(4)5)10-8-7-9-11-15/h13-14,16H,6-12H2,1-5H3. The lowest BCUT2D eigenvalue weighted by molar-refractivity contribution is 0.0492. The molecule has 2 heteroatoms. The fraction of sp³-hybridized carbons (Fsp3) is 1.00. The Kier molecular flexibility index (Phi) is 5.94. The Balaban J connectivity index is 2.82. The molecule has 0 spiro atoms.